The lowest BCUT2D eigenvalue weighted by Gasteiger charge is -2.31. The molecule has 0 spiro atoms. The zero-order chi connectivity index (χ0) is 17.8. The lowest BCUT2D eigenvalue weighted by Crippen LogP contribution is -2.43. The molecule has 1 fully saturated rings. The number of likely N-dealkylation sites (tertiary alicyclic amines) is 1. The van der Waals surface area contributed by atoms with Crippen LogP contribution >= 0.6 is 12.4 Å². The van der Waals surface area contributed by atoms with E-state index in [9.17, 15) is 13.6 Å². The number of benzene rings is 2. The largest absolute Gasteiger partial charge is 0.457 e. The maximum Gasteiger partial charge on any atom is 0.253 e. The van der Waals surface area contributed by atoms with Gasteiger partial charge in [0.1, 0.15) is 11.5 Å². The average Bonchev–Trinajstić information content (AvgIpc) is 2.65. The summed E-state index contributed by atoms with van der Waals surface area (Å²) in [6.07, 6.45) is 1.89. The maximum atomic E-state index is 13.2. The van der Waals surface area contributed by atoms with Crippen LogP contribution < -0.4 is 10.1 Å². The predicted octanol–water partition coefficient (Wildman–Crippen LogP) is 4.00. The molecule has 1 heterocycles. The third kappa shape index (κ3) is 4.71. The number of nitrogens with one attached hydrogen (secondary N) is 1. The standard InChI is InChI=1S/C19H20F2N2O2.ClH/c1-22-14-8-10-23(11-9-14)19(24)13-2-4-15(5-3-13)25-16-6-7-17(20)18(21)12-16;/h2-7,12,14,22H,8-11H2,1H3;1H. The highest BCUT2D eigenvalue weighted by atomic mass is 35.5. The van der Waals surface area contributed by atoms with Crippen LogP contribution in [0, 0.1) is 11.6 Å². The third-order valence-electron chi connectivity index (χ3n) is 4.42. The van der Waals surface area contributed by atoms with E-state index in [1.54, 1.807) is 24.3 Å². The van der Waals surface area contributed by atoms with Gasteiger partial charge in [-0.3, -0.25) is 4.79 Å². The van der Waals surface area contributed by atoms with Gasteiger partial charge in [-0.2, -0.15) is 0 Å². The highest BCUT2D eigenvalue weighted by molar-refractivity contribution is 5.94. The molecule has 7 heteroatoms. The maximum absolute atomic E-state index is 13.2. The van der Waals surface area contributed by atoms with Crippen molar-refractivity contribution in [2.75, 3.05) is 20.1 Å². The zero-order valence-electron chi connectivity index (χ0n) is 14.4. The van der Waals surface area contributed by atoms with Crippen LogP contribution in [0.15, 0.2) is 42.5 Å². The highest BCUT2D eigenvalue weighted by Crippen LogP contribution is 2.24. The Balaban J connectivity index is 0.00000243. The second-order valence-electron chi connectivity index (χ2n) is 6.06. The molecule has 0 radical (unpaired) electrons. The van der Waals surface area contributed by atoms with E-state index < -0.39 is 11.6 Å². The van der Waals surface area contributed by atoms with Crippen LogP contribution in [-0.2, 0) is 0 Å². The van der Waals surface area contributed by atoms with Gasteiger partial charge in [0, 0.05) is 30.8 Å². The van der Waals surface area contributed by atoms with Crippen molar-refractivity contribution in [3.05, 3.63) is 59.7 Å². The first-order valence-electron chi connectivity index (χ1n) is 8.26. The Morgan fingerprint density at radius 2 is 1.65 bits per heavy atom. The molecule has 4 nitrogen and oxygen atoms in total. The summed E-state index contributed by atoms with van der Waals surface area (Å²) in [5, 5.41) is 3.24. The molecular formula is C19H21ClF2N2O2. The number of piperidine rings is 1. The molecule has 26 heavy (non-hydrogen) atoms. The first-order chi connectivity index (χ1) is 12.1. The van der Waals surface area contributed by atoms with Crippen LogP contribution in [-0.4, -0.2) is 37.0 Å². The summed E-state index contributed by atoms with van der Waals surface area (Å²) in [6, 6.07) is 10.5. The monoisotopic (exact) mass is 382 g/mol. The van der Waals surface area contributed by atoms with Gasteiger partial charge in [-0.15, -0.1) is 12.4 Å². The molecule has 0 aromatic heterocycles. The average molecular weight is 383 g/mol. The van der Waals surface area contributed by atoms with E-state index in [-0.39, 0.29) is 24.1 Å². The van der Waals surface area contributed by atoms with E-state index in [4.69, 9.17) is 4.74 Å². The van der Waals surface area contributed by atoms with Crippen molar-refractivity contribution in [1.82, 2.24) is 10.2 Å². The number of hydrogen-bond acceptors (Lipinski definition) is 3. The second kappa shape index (κ2) is 8.96. The van der Waals surface area contributed by atoms with E-state index >= 15 is 0 Å². The Morgan fingerprint density at radius 1 is 1.04 bits per heavy atom. The van der Waals surface area contributed by atoms with Gasteiger partial charge in [0.25, 0.3) is 5.91 Å². The molecule has 0 bridgehead atoms. The third-order valence-corrected chi connectivity index (χ3v) is 4.42. The first-order valence-corrected chi connectivity index (χ1v) is 8.26. The van der Waals surface area contributed by atoms with Crippen molar-refractivity contribution in [1.29, 1.82) is 0 Å². The van der Waals surface area contributed by atoms with Gasteiger partial charge in [-0.25, -0.2) is 8.78 Å². The topological polar surface area (TPSA) is 41.6 Å². The van der Waals surface area contributed by atoms with Gasteiger partial charge in [0.05, 0.1) is 0 Å². The van der Waals surface area contributed by atoms with Crippen molar-refractivity contribution < 1.29 is 18.3 Å². The SMILES string of the molecule is CNC1CCN(C(=O)c2ccc(Oc3ccc(F)c(F)c3)cc2)CC1.Cl. The zero-order valence-corrected chi connectivity index (χ0v) is 15.2. The van der Waals surface area contributed by atoms with Crippen LogP contribution in [0.4, 0.5) is 8.78 Å². The number of carbonyl (C=O) groups is 1. The number of carbonyl (C=O) groups excluding carboxylic acids is 1. The molecule has 2 aromatic rings. The molecule has 0 unspecified atom stereocenters. The summed E-state index contributed by atoms with van der Waals surface area (Å²) in [7, 11) is 1.94. The molecule has 0 aliphatic carbocycles. The lowest BCUT2D eigenvalue weighted by atomic mass is 10.0. The quantitative estimate of drug-likeness (QED) is 0.868. The molecule has 1 amide bonds. The van der Waals surface area contributed by atoms with Crippen LogP contribution in [0.1, 0.15) is 23.2 Å². The molecule has 1 N–H and O–H groups in total. The normalized spacial score (nSPS) is 14.7. The van der Waals surface area contributed by atoms with Gasteiger partial charge < -0.3 is 15.0 Å². The Bertz CT molecular complexity index is 748. The first kappa shape index (κ1) is 20.1. The minimum absolute atomic E-state index is 0. The fraction of sp³-hybridized carbons (Fsp3) is 0.316. The highest BCUT2D eigenvalue weighted by Gasteiger charge is 2.22. The number of nitrogens with zero attached hydrogens (tertiary/aromatic N) is 1. The summed E-state index contributed by atoms with van der Waals surface area (Å²) in [6.45, 7) is 1.47. The summed E-state index contributed by atoms with van der Waals surface area (Å²) >= 11 is 0. The van der Waals surface area contributed by atoms with Crippen LogP contribution in [0.5, 0.6) is 11.5 Å². The van der Waals surface area contributed by atoms with Crippen LogP contribution in [0.25, 0.3) is 0 Å². The molecule has 2 aromatic carbocycles. The minimum atomic E-state index is -0.964. The number of ether oxygens (including phenoxy) is 1. The molecule has 1 saturated heterocycles. The predicted molar refractivity (Wildman–Crippen MR) is 98.1 cm³/mol. The smallest absolute Gasteiger partial charge is 0.253 e. The van der Waals surface area contributed by atoms with Gasteiger partial charge in [0.15, 0.2) is 11.6 Å². The van der Waals surface area contributed by atoms with E-state index in [1.807, 2.05) is 11.9 Å². The summed E-state index contributed by atoms with van der Waals surface area (Å²) in [5.41, 5.74) is 0.584. The Morgan fingerprint density at radius 3 is 2.23 bits per heavy atom. The van der Waals surface area contributed by atoms with E-state index in [0.717, 1.165) is 38.1 Å². The van der Waals surface area contributed by atoms with Crippen molar-refractivity contribution >= 4 is 18.3 Å². The summed E-state index contributed by atoms with van der Waals surface area (Å²) in [4.78, 5) is 14.4. The summed E-state index contributed by atoms with van der Waals surface area (Å²) in [5.74, 6) is -1.23. The molecule has 0 atom stereocenters. The van der Waals surface area contributed by atoms with E-state index in [2.05, 4.69) is 5.32 Å². The van der Waals surface area contributed by atoms with Crippen LogP contribution in [0.2, 0.25) is 0 Å². The molecule has 1 aliphatic rings. The Kier molecular flexibility index (Phi) is 6.94. The van der Waals surface area contributed by atoms with Gasteiger partial charge in [0.2, 0.25) is 0 Å². The summed E-state index contributed by atoms with van der Waals surface area (Å²) < 4.78 is 31.6. The Hall–Kier alpha value is -2.18. The van der Waals surface area contributed by atoms with Gasteiger partial charge >= 0.3 is 0 Å². The van der Waals surface area contributed by atoms with Gasteiger partial charge in [-0.05, 0) is 56.3 Å². The molecule has 140 valence electrons. The van der Waals surface area contributed by atoms with Crippen molar-refractivity contribution in [3.63, 3.8) is 0 Å². The van der Waals surface area contributed by atoms with Crippen molar-refractivity contribution in [2.45, 2.75) is 18.9 Å². The van der Waals surface area contributed by atoms with Crippen molar-refractivity contribution in [2.24, 2.45) is 0 Å². The molecule has 3 rings (SSSR count). The van der Waals surface area contributed by atoms with Crippen molar-refractivity contribution in [3.8, 4) is 11.5 Å². The van der Waals surface area contributed by atoms with Gasteiger partial charge in [-0.1, -0.05) is 0 Å². The minimum Gasteiger partial charge on any atom is -0.457 e. The fourth-order valence-electron chi connectivity index (χ4n) is 2.90. The number of rotatable bonds is 4. The molecular weight excluding hydrogens is 362 g/mol. The van der Waals surface area contributed by atoms with Crippen LogP contribution in [0.3, 0.4) is 0 Å². The molecule has 1 aliphatic heterocycles. The van der Waals surface area contributed by atoms with E-state index in [0.29, 0.717) is 17.4 Å². The lowest BCUT2D eigenvalue weighted by molar-refractivity contribution is 0.0707. The number of amides is 1. The fourth-order valence-corrected chi connectivity index (χ4v) is 2.90. The van der Waals surface area contributed by atoms with E-state index in [1.165, 1.54) is 6.07 Å². The number of hydrogen-bond donors (Lipinski definition) is 1. The second-order valence-corrected chi connectivity index (χ2v) is 6.06. The number of halogens is 3. The molecule has 0 saturated carbocycles. The Labute approximate surface area is 157 Å².